The highest BCUT2D eigenvalue weighted by molar-refractivity contribution is 14.1. The fraction of sp³-hybridized carbons (Fsp3) is 0.200. The van der Waals surface area contributed by atoms with Crippen LogP contribution in [0.5, 0.6) is 0 Å². The van der Waals surface area contributed by atoms with E-state index >= 15 is 0 Å². The van der Waals surface area contributed by atoms with Crippen LogP contribution in [0.25, 0.3) is 5.69 Å². The predicted molar refractivity (Wildman–Crippen MR) is 66.8 cm³/mol. The third-order valence-electron chi connectivity index (χ3n) is 2.00. The number of aromatic nitrogens is 3. The van der Waals surface area contributed by atoms with Crippen LogP contribution in [0.3, 0.4) is 0 Å². The molecule has 1 aromatic carbocycles. The molecule has 0 unspecified atom stereocenters. The lowest BCUT2D eigenvalue weighted by molar-refractivity contribution is 0.766. The van der Waals surface area contributed by atoms with Crippen LogP contribution in [0.2, 0.25) is 0 Å². The largest absolute Gasteiger partial charge is 0.314 e. The fourth-order valence-corrected chi connectivity index (χ4v) is 1.95. The van der Waals surface area contributed by atoms with Crippen molar-refractivity contribution in [3.63, 3.8) is 0 Å². The van der Waals surface area contributed by atoms with Gasteiger partial charge in [-0.25, -0.2) is 4.68 Å². The first-order valence-electron chi connectivity index (χ1n) is 4.62. The molecule has 1 N–H and O–H groups in total. The summed E-state index contributed by atoms with van der Waals surface area (Å²) < 4.78 is 2.96. The van der Waals surface area contributed by atoms with Crippen molar-refractivity contribution in [2.24, 2.45) is 0 Å². The van der Waals surface area contributed by atoms with Crippen LogP contribution >= 0.6 is 22.6 Å². The Morgan fingerprint density at radius 1 is 1.40 bits per heavy atom. The summed E-state index contributed by atoms with van der Waals surface area (Å²) in [5.41, 5.74) is 2.00. The molecule has 2 aromatic rings. The molecule has 0 aliphatic carbocycles. The van der Waals surface area contributed by atoms with E-state index in [-0.39, 0.29) is 0 Å². The van der Waals surface area contributed by atoms with Crippen molar-refractivity contribution >= 4 is 22.6 Å². The van der Waals surface area contributed by atoms with E-state index in [4.69, 9.17) is 0 Å². The molecule has 2 rings (SSSR count). The lowest BCUT2D eigenvalue weighted by atomic mass is 10.3. The number of halogens is 1. The molecule has 0 aliphatic heterocycles. The van der Waals surface area contributed by atoms with E-state index in [1.807, 2.05) is 31.4 Å². The predicted octanol–water partition coefficient (Wildman–Crippen LogP) is 1.59. The van der Waals surface area contributed by atoms with Crippen LogP contribution in [0.4, 0.5) is 0 Å². The Morgan fingerprint density at radius 3 is 2.93 bits per heavy atom. The summed E-state index contributed by atoms with van der Waals surface area (Å²) in [5, 5.41) is 11.2. The van der Waals surface area contributed by atoms with Crippen LogP contribution in [0.1, 0.15) is 5.69 Å². The molecule has 1 heterocycles. The van der Waals surface area contributed by atoms with Gasteiger partial charge in [0, 0.05) is 10.1 Å². The van der Waals surface area contributed by atoms with E-state index in [0.717, 1.165) is 21.5 Å². The molecule has 1 aromatic heterocycles. The Bertz CT molecular complexity index is 452. The fourth-order valence-electron chi connectivity index (χ4n) is 1.32. The normalized spacial score (nSPS) is 10.5. The number of para-hydroxylation sites is 1. The first-order valence-corrected chi connectivity index (χ1v) is 5.70. The Balaban J connectivity index is 2.33. The topological polar surface area (TPSA) is 42.7 Å². The zero-order valence-corrected chi connectivity index (χ0v) is 10.5. The van der Waals surface area contributed by atoms with E-state index in [2.05, 4.69) is 44.3 Å². The van der Waals surface area contributed by atoms with Crippen LogP contribution in [0, 0.1) is 3.57 Å². The van der Waals surface area contributed by atoms with Gasteiger partial charge < -0.3 is 5.32 Å². The number of hydrogen-bond donors (Lipinski definition) is 1. The first-order chi connectivity index (χ1) is 7.31. The van der Waals surface area contributed by atoms with Crippen molar-refractivity contribution in [3.05, 3.63) is 39.7 Å². The summed E-state index contributed by atoms with van der Waals surface area (Å²) in [7, 11) is 1.89. The van der Waals surface area contributed by atoms with Gasteiger partial charge in [-0.05, 0) is 41.8 Å². The Labute approximate surface area is 102 Å². The van der Waals surface area contributed by atoms with Crippen LogP contribution < -0.4 is 5.32 Å². The van der Waals surface area contributed by atoms with Crippen molar-refractivity contribution in [2.45, 2.75) is 6.54 Å². The lowest BCUT2D eigenvalue weighted by Crippen LogP contribution is -2.05. The molecule has 0 fully saturated rings. The molecule has 0 aliphatic rings. The summed E-state index contributed by atoms with van der Waals surface area (Å²) >= 11 is 2.29. The summed E-state index contributed by atoms with van der Waals surface area (Å²) in [6, 6.07) is 8.09. The summed E-state index contributed by atoms with van der Waals surface area (Å²) in [5.74, 6) is 0. The number of hydrogen-bond acceptors (Lipinski definition) is 3. The van der Waals surface area contributed by atoms with Crippen LogP contribution in [0.15, 0.2) is 30.5 Å². The van der Waals surface area contributed by atoms with E-state index in [0.29, 0.717) is 0 Å². The van der Waals surface area contributed by atoms with Gasteiger partial charge in [-0.3, -0.25) is 0 Å². The van der Waals surface area contributed by atoms with E-state index in [9.17, 15) is 0 Å². The summed E-state index contributed by atoms with van der Waals surface area (Å²) in [4.78, 5) is 0. The van der Waals surface area contributed by atoms with Gasteiger partial charge in [-0.2, -0.15) is 0 Å². The van der Waals surface area contributed by atoms with Crippen molar-refractivity contribution in [1.82, 2.24) is 20.3 Å². The highest BCUT2D eigenvalue weighted by atomic mass is 127. The SMILES string of the molecule is CNCc1cn(-c2ccccc2I)nn1. The van der Waals surface area contributed by atoms with Crippen molar-refractivity contribution in [1.29, 1.82) is 0 Å². The molecule has 4 nitrogen and oxygen atoms in total. The molecule has 0 bridgehead atoms. The zero-order chi connectivity index (χ0) is 10.7. The minimum atomic E-state index is 0.739. The number of benzene rings is 1. The minimum Gasteiger partial charge on any atom is -0.314 e. The maximum atomic E-state index is 4.09. The van der Waals surface area contributed by atoms with Crippen LogP contribution in [-0.4, -0.2) is 22.0 Å². The maximum absolute atomic E-state index is 4.09. The van der Waals surface area contributed by atoms with Gasteiger partial charge in [0.15, 0.2) is 0 Å². The highest BCUT2D eigenvalue weighted by Crippen LogP contribution is 2.15. The zero-order valence-electron chi connectivity index (χ0n) is 8.31. The molecule has 0 atom stereocenters. The molecule has 78 valence electrons. The molecule has 0 radical (unpaired) electrons. The average Bonchev–Trinajstić information content (AvgIpc) is 2.68. The second-order valence-corrected chi connectivity index (χ2v) is 4.30. The molecule has 5 heteroatoms. The highest BCUT2D eigenvalue weighted by Gasteiger charge is 2.04. The Morgan fingerprint density at radius 2 is 2.20 bits per heavy atom. The van der Waals surface area contributed by atoms with E-state index in [1.165, 1.54) is 0 Å². The van der Waals surface area contributed by atoms with E-state index < -0.39 is 0 Å². The number of rotatable bonds is 3. The molecule has 0 amide bonds. The maximum Gasteiger partial charge on any atom is 0.0969 e. The number of nitrogens with zero attached hydrogens (tertiary/aromatic N) is 3. The average molecular weight is 314 g/mol. The minimum absolute atomic E-state index is 0.739. The molecule has 0 spiro atoms. The van der Waals surface area contributed by atoms with Gasteiger partial charge in [-0.15, -0.1) is 5.10 Å². The van der Waals surface area contributed by atoms with Crippen LogP contribution in [-0.2, 0) is 6.54 Å². The van der Waals surface area contributed by atoms with Crippen molar-refractivity contribution in [3.8, 4) is 5.69 Å². The number of nitrogens with one attached hydrogen (secondary N) is 1. The molecular formula is C10H11IN4. The lowest BCUT2D eigenvalue weighted by Gasteiger charge is -2.01. The molecule has 0 saturated heterocycles. The smallest absolute Gasteiger partial charge is 0.0969 e. The summed E-state index contributed by atoms with van der Waals surface area (Å²) in [6.45, 7) is 0.739. The third kappa shape index (κ3) is 2.35. The first kappa shape index (κ1) is 10.6. The second-order valence-electron chi connectivity index (χ2n) is 3.14. The Kier molecular flexibility index (Phi) is 3.32. The summed E-state index contributed by atoms with van der Waals surface area (Å²) in [6.07, 6.45) is 1.94. The Hall–Kier alpha value is -0.950. The van der Waals surface area contributed by atoms with Gasteiger partial charge in [0.05, 0.1) is 17.6 Å². The van der Waals surface area contributed by atoms with Gasteiger partial charge in [-0.1, -0.05) is 17.3 Å². The van der Waals surface area contributed by atoms with Crippen molar-refractivity contribution < 1.29 is 0 Å². The molecule has 0 saturated carbocycles. The van der Waals surface area contributed by atoms with E-state index in [1.54, 1.807) is 4.68 Å². The standard InChI is InChI=1S/C10H11IN4/c1-12-6-8-7-15(14-13-8)10-5-3-2-4-9(10)11/h2-5,7,12H,6H2,1H3. The van der Waals surface area contributed by atoms with Gasteiger partial charge in [0.25, 0.3) is 0 Å². The quantitative estimate of drug-likeness (QED) is 0.875. The van der Waals surface area contributed by atoms with Gasteiger partial charge >= 0.3 is 0 Å². The molecular weight excluding hydrogens is 303 g/mol. The monoisotopic (exact) mass is 314 g/mol. The third-order valence-corrected chi connectivity index (χ3v) is 2.91. The second kappa shape index (κ2) is 4.71. The van der Waals surface area contributed by atoms with Gasteiger partial charge in [0.1, 0.15) is 0 Å². The van der Waals surface area contributed by atoms with Gasteiger partial charge in [0.2, 0.25) is 0 Å². The molecule has 15 heavy (non-hydrogen) atoms. The van der Waals surface area contributed by atoms with Crippen molar-refractivity contribution in [2.75, 3.05) is 7.05 Å².